The Kier molecular flexibility index (Phi) is 5.51. The number of amides is 1. The van der Waals surface area contributed by atoms with E-state index >= 15 is 0 Å². The van der Waals surface area contributed by atoms with E-state index in [4.69, 9.17) is 4.98 Å². The minimum absolute atomic E-state index is 0.265. The van der Waals surface area contributed by atoms with Crippen molar-refractivity contribution in [3.8, 4) is 11.3 Å². The van der Waals surface area contributed by atoms with Gasteiger partial charge >= 0.3 is 10.2 Å². The summed E-state index contributed by atoms with van der Waals surface area (Å²) in [6, 6.07) is 16.5. The van der Waals surface area contributed by atoms with Crippen LogP contribution in [0.25, 0.3) is 22.2 Å². The SMILES string of the molecule is Cc1cc(N2CCNS2(=O)=O)ccc1C(=O)Nc1ccc(C)c(-c2ccc3cnccc3n2)c1. The van der Waals surface area contributed by atoms with Gasteiger partial charge in [-0.15, -0.1) is 0 Å². The van der Waals surface area contributed by atoms with Crippen molar-refractivity contribution in [1.82, 2.24) is 14.7 Å². The predicted molar refractivity (Wildman–Crippen MR) is 133 cm³/mol. The molecule has 8 nitrogen and oxygen atoms in total. The van der Waals surface area contributed by atoms with Crippen LogP contribution in [0.3, 0.4) is 0 Å². The molecule has 0 bridgehead atoms. The Morgan fingerprint density at radius 2 is 1.88 bits per heavy atom. The Bertz CT molecular complexity index is 1540. The molecule has 1 fully saturated rings. The Hall–Kier alpha value is -3.82. The Morgan fingerprint density at radius 3 is 2.65 bits per heavy atom. The van der Waals surface area contributed by atoms with Crippen LogP contribution in [0.5, 0.6) is 0 Å². The standard InChI is InChI=1S/C25H23N5O3S/c1-16-3-5-19(14-22(16)24-8-4-18-15-26-10-9-23(18)29-24)28-25(31)21-7-6-20(13-17(21)2)30-12-11-27-34(30,32)33/h3-10,13-15,27H,11-12H2,1-2H3,(H,28,31). The van der Waals surface area contributed by atoms with Gasteiger partial charge in [0.2, 0.25) is 0 Å². The second-order valence-electron chi connectivity index (χ2n) is 8.22. The number of benzene rings is 2. The van der Waals surface area contributed by atoms with Crippen LogP contribution in [0, 0.1) is 13.8 Å². The molecule has 2 N–H and O–H groups in total. The number of rotatable bonds is 4. The third-order valence-electron chi connectivity index (χ3n) is 5.89. The minimum atomic E-state index is -3.51. The summed E-state index contributed by atoms with van der Waals surface area (Å²) in [5.41, 5.74) is 5.99. The van der Waals surface area contributed by atoms with Crippen molar-refractivity contribution in [1.29, 1.82) is 0 Å². The number of anilines is 2. The first-order chi connectivity index (χ1) is 16.3. The molecule has 0 saturated carbocycles. The lowest BCUT2D eigenvalue weighted by Crippen LogP contribution is -2.29. The van der Waals surface area contributed by atoms with Gasteiger partial charge in [-0.3, -0.25) is 14.1 Å². The Morgan fingerprint density at radius 1 is 1.03 bits per heavy atom. The molecule has 2 aromatic heterocycles. The fourth-order valence-corrected chi connectivity index (χ4v) is 5.32. The molecule has 9 heteroatoms. The first-order valence-electron chi connectivity index (χ1n) is 10.8. The first kappa shape index (κ1) is 22.0. The van der Waals surface area contributed by atoms with Gasteiger partial charge in [0.1, 0.15) is 0 Å². The zero-order chi connectivity index (χ0) is 23.9. The van der Waals surface area contributed by atoms with E-state index in [1.165, 1.54) is 4.31 Å². The number of aryl methyl sites for hydroxylation is 2. The molecule has 1 amide bonds. The van der Waals surface area contributed by atoms with Crippen LogP contribution in [0.1, 0.15) is 21.5 Å². The van der Waals surface area contributed by atoms with Gasteiger partial charge in [-0.25, -0.2) is 4.98 Å². The van der Waals surface area contributed by atoms with Crippen LogP contribution < -0.4 is 14.3 Å². The summed E-state index contributed by atoms with van der Waals surface area (Å²) < 4.78 is 28.0. The molecular formula is C25H23N5O3S. The summed E-state index contributed by atoms with van der Waals surface area (Å²) in [6.45, 7) is 4.52. The van der Waals surface area contributed by atoms with Gasteiger partial charge in [-0.05, 0) is 73.5 Å². The molecule has 172 valence electrons. The zero-order valence-electron chi connectivity index (χ0n) is 18.7. The number of fused-ring (bicyclic) bond motifs is 1. The monoisotopic (exact) mass is 473 g/mol. The quantitative estimate of drug-likeness (QED) is 0.469. The fraction of sp³-hybridized carbons (Fsp3) is 0.160. The van der Waals surface area contributed by atoms with Crippen LogP contribution in [-0.2, 0) is 10.2 Å². The number of aromatic nitrogens is 2. The van der Waals surface area contributed by atoms with Crippen LogP contribution in [0.15, 0.2) is 67.0 Å². The molecule has 4 aromatic rings. The van der Waals surface area contributed by atoms with Crippen molar-refractivity contribution < 1.29 is 13.2 Å². The van der Waals surface area contributed by atoms with Crippen molar-refractivity contribution in [3.05, 3.63) is 83.7 Å². The van der Waals surface area contributed by atoms with Crippen LogP contribution >= 0.6 is 0 Å². The molecule has 2 aromatic carbocycles. The number of hydrogen-bond acceptors (Lipinski definition) is 5. The van der Waals surface area contributed by atoms with Crippen molar-refractivity contribution in [3.63, 3.8) is 0 Å². The van der Waals surface area contributed by atoms with Gasteiger partial charge < -0.3 is 5.32 Å². The fourth-order valence-electron chi connectivity index (χ4n) is 4.09. The van der Waals surface area contributed by atoms with E-state index in [-0.39, 0.29) is 5.91 Å². The average molecular weight is 474 g/mol. The topological polar surface area (TPSA) is 104 Å². The second kappa shape index (κ2) is 8.51. The number of nitrogens with zero attached hydrogens (tertiary/aromatic N) is 3. The van der Waals surface area contributed by atoms with Gasteiger partial charge in [-0.1, -0.05) is 6.07 Å². The van der Waals surface area contributed by atoms with Gasteiger partial charge in [-0.2, -0.15) is 13.1 Å². The van der Waals surface area contributed by atoms with Crippen LogP contribution in [-0.4, -0.2) is 37.4 Å². The number of carbonyl (C=O) groups is 1. The zero-order valence-corrected chi connectivity index (χ0v) is 19.6. The van der Waals surface area contributed by atoms with Crippen molar-refractivity contribution >= 4 is 38.4 Å². The van der Waals surface area contributed by atoms with E-state index in [0.29, 0.717) is 35.6 Å². The van der Waals surface area contributed by atoms with E-state index < -0.39 is 10.2 Å². The van der Waals surface area contributed by atoms with E-state index in [1.807, 2.05) is 43.3 Å². The number of carbonyl (C=O) groups excluding carboxylic acids is 1. The molecule has 1 aliphatic heterocycles. The molecule has 0 atom stereocenters. The highest BCUT2D eigenvalue weighted by Crippen LogP contribution is 2.28. The smallest absolute Gasteiger partial charge is 0.301 e. The highest BCUT2D eigenvalue weighted by molar-refractivity contribution is 7.91. The maximum absolute atomic E-state index is 13.0. The molecule has 0 aliphatic carbocycles. The van der Waals surface area contributed by atoms with E-state index in [9.17, 15) is 13.2 Å². The number of pyridine rings is 2. The maximum atomic E-state index is 13.0. The average Bonchev–Trinajstić information content (AvgIpc) is 3.18. The molecule has 5 rings (SSSR count). The van der Waals surface area contributed by atoms with Crippen molar-refractivity contribution in [2.75, 3.05) is 22.7 Å². The summed E-state index contributed by atoms with van der Waals surface area (Å²) in [5.74, 6) is -0.265. The van der Waals surface area contributed by atoms with Crippen LogP contribution in [0.4, 0.5) is 11.4 Å². The molecule has 1 saturated heterocycles. The minimum Gasteiger partial charge on any atom is -0.322 e. The second-order valence-corrected chi connectivity index (χ2v) is 9.90. The molecule has 0 unspecified atom stereocenters. The molecular weight excluding hydrogens is 450 g/mol. The molecule has 3 heterocycles. The lowest BCUT2D eigenvalue weighted by Gasteiger charge is -2.17. The largest absolute Gasteiger partial charge is 0.322 e. The predicted octanol–water partition coefficient (Wildman–Crippen LogP) is 3.82. The van der Waals surface area contributed by atoms with E-state index in [2.05, 4.69) is 15.0 Å². The van der Waals surface area contributed by atoms with Crippen LogP contribution in [0.2, 0.25) is 0 Å². The maximum Gasteiger partial charge on any atom is 0.301 e. The number of nitrogens with one attached hydrogen (secondary N) is 2. The molecule has 0 spiro atoms. The summed E-state index contributed by atoms with van der Waals surface area (Å²) in [5, 5.41) is 3.92. The summed E-state index contributed by atoms with van der Waals surface area (Å²) in [7, 11) is -3.51. The lowest BCUT2D eigenvalue weighted by molar-refractivity contribution is 0.102. The Labute approximate surface area is 197 Å². The number of hydrogen-bond donors (Lipinski definition) is 2. The lowest BCUT2D eigenvalue weighted by atomic mass is 10.0. The van der Waals surface area contributed by atoms with Gasteiger partial charge in [0.15, 0.2) is 0 Å². The molecule has 1 aliphatic rings. The normalized spacial score (nSPS) is 14.9. The Balaban J connectivity index is 1.41. The third-order valence-corrected chi connectivity index (χ3v) is 7.44. The van der Waals surface area contributed by atoms with E-state index in [1.54, 1.807) is 37.5 Å². The van der Waals surface area contributed by atoms with Crippen molar-refractivity contribution in [2.24, 2.45) is 0 Å². The van der Waals surface area contributed by atoms with Gasteiger partial charge in [0.25, 0.3) is 5.91 Å². The molecule has 34 heavy (non-hydrogen) atoms. The van der Waals surface area contributed by atoms with Crippen molar-refractivity contribution in [2.45, 2.75) is 13.8 Å². The highest BCUT2D eigenvalue weighted by atomic mass is 32.2. The summed E-state index contributed by atoms with van der Waals surface area (Å²) in [6.07, 6.45) is 3.49. The summed E-state index contributed by atoms with van der Waals surface area (Å²) >= 11 is 0. The third kappa shape index (κ3) is 4.11. The first-order valence-corrected chi connectivity index (χ1v) is 12.3. The van der Waals surface area contributed by atoms with E-state index in [0.717, 1.165) is 27.7 Å². The highest BCUT2D eigenvalue weighted by Gasteiger charge is 2.28. The summed E-state index contributed by atoms with van der Waals surface area (Å²) in [4.78, 5) is 21.9. The molecule has 0 radical (unpaired) electrons. The van der Waals surface area contributed by atoms with Gasteiger partial charge in [0.05, 0.1) is 16.9 Å². The van der Waals surface area contributed by atoms with Gasteiger partial charge in [0, 0.05) is 47.7 Å².